The summed E-state index contributed by atoms with van der Waals surface area (Å²) in [5.41, 5.74) is -7.18. The van der Waals surface area contributed by atoms with Crippen molar-refractivity contribution in [2.24, 2.45) is 0 Å². The first kappa shape index (κ1) is 19.3. The van der Waals surface area contributed by atoms with E-state index in [9.17, 15) is 34.8 Å². The number of hydrogen-bond acceptors (Lipinski definition) is 5. The maximum atomic E-state index is 12.3. The van der Waals surface area contributed by atoms with Gasteiger partial charge in [-0.05, 0) is 0 Å². The van der Waals surface area contributed by atoms with Crippen LogP contribution in [0.15, 0.2) is 11.3 Å². The first-order chi connectivity index (χ1) is 8.40. The molecular weight excluding hydrogens is 427 g/mol. The van der Waals surface area contributed by atoms with Gasteiger partial charge in [0.05, 0.1) is 0 Å². The zero-order valence-electron chi connectivity index (χ0n) is 9.04. The number of ether oxygens (including phenoxy) is 1. The van der Waals surface area contributed by atoms with Gasteiger partial charge >= 0.3 is 21.8 Å². The normalized spacial score (nSPS) is 20.4. The monoisotopic (exact) mass is 431 g/mol. The van der Waals surface area contributed by atoms with E-state index in [0.717, 1.165) is 6.07 Å². The molecule has 0 aliphatic carbocycles. The predicted molar refractivity (Wildman–Crippen MR) is 50.2 cm³/mol. The van der Waals surface area contributed by atoms with Crippen LogP contribution in [0.5, 0.6) is 0 Å². The van der Waals surface area contributed by atoms with Crippen molar-refractivity contribution in [1.29, 1.82) is 5.26 Å². The molecule has 0 aromatic carbocycles. The Morgan fingerprint density at radius 2 is 1.75 bits per heavy atom. The van der Waals surface area contributed by atoms with E-state index < -0.39 is 45.8 Å². The second-order valence-electron chi connectivity index (χ2n) is 3.16. The third-order valence-corrected chi connectivity index (χ3v) is 2.84. The second-order valence-corrected chi connectivity index (χ2v) is 4.70. The molecule has 1 aliphatic rings. The van der Waals surface area contributed by atoms with Crippen molar-refractivity contribution in [3.63, 3.8) is 0 Å². The Hall–Kier alpha value is -0.681. The average Bonchev–Trinajstić information content (AvgIpc) is 2.57. The molecule has 1 atom stereocenters. The van der Waals surface area contributed by atoms with Crippen molar-refractivity contribution in [3.8, 4) is 6.07 Å². The van der Waals surface area contributed by atoms with Crippen LogP contribution in [0.4, 0.5) is 26.3 Å². The van der Waals surface area contributed by atoms with Crippen molar-refractivity contribution < 1.29 is 43.7 Å². The molecule has 0 spiro atoms. The van der Waals surface area contributed by atoms with Crippen LogP contribution in [0.25, 0.3) is 0 Å². The van der Waals surface area contributed by atoms with Gasteiger partial charge in [-0.3, -0.25) is 0 Å². The van der Waals surface area contributed by atoms with Gasteiger partial charge in [-0.25, -0.2) is 0 Å². The molecule has 1 aliphatic heterocycles. The minimum Gasteiger partial charge on any atom is -0.377 e. The Labute approximate surface area is 125 Å². The molecule has 112 valence electrons. The van der Waals surface area contributed by atoms with E-state index in [1.165, 1.54) is 0 Å². The molecule has 0 bridgehead atoms. The van der Waals surface area contributed by atoms with Gasteiger partial charge < -0.3 is 8.92 Å². The second kappa shape index (κ2) is 5.98. The van der Waals surface area contributed by atoms with E-state index in [2.05, 4.69) is 8.92 Å². The van der Waals surface area contributed by atoms with Crippen LogP contribution in [-0.2, 0) is 19.0 Å². The van der Waals surface area contributed by atoms with Gasteiger partial charge in [-0.15, -0.1) is 0 Å². The Kier molecular flexibility index (Phi) is 5.77. The molecule has 0 amide bonds. The molecule has 1 unspecified atom stereocenters. The number of halogens is 6. The van der Waals surface area contributed by atoms with Crippen LogP contribution in [0.3, 0.4) is 0 Å². The maximum Gasteiger partial charge on any atom is 0.534 e. The van der Waals surface area contributed by atoms with Crippen LogP contribution in [0.1, 0.15) is 0 Å². The molecule has 0 aromatic heterocycles. The Bertz CT molecular complexity index is 545. The summed E-state index contributed by atoms with van der Waals surface area (Å²) in [5, 5.41) is 8.43. The van der Waals surface area contributed by atoms with Crippen molar-refractivity contribution in [3.05, 3.63) is 11.3 Å². The van der Waals surface area contributed by atoms with Crippen LogP contribution in [0.2, 0.25) is 0 Å². The molecule has 1 rings (SSSR count). The van der Waals surface area contributed by atoms with Crippen LogP contribution < -0.4 is 0 Å². The van der Waals surface area contributed by atoms with E-state index in [4.69, 9.17) is 5.26 Å². The molecule has 0 aromatic rings. The third-order valence-electron chi connectivity index (χ3n) is 1.86. The number of alkyl halides is 6. The zero-order chi connectivity index (χ0) is 15.1. The molecular formula is C7H3F6NO4SSn. The van der Waals surface area contributed by atoms with Gasteiger partial charge in [0.1, 0.15) is 18.2 Å². The fourth-order valence-electron chi connectivity index (χ4n) is 1.09. The van der Waals surface area contributed by atoms with Crippen LogP contribution >= 0.6 is 0 Å². The summed E-state index contributed by atoms with van der Waals surface area (Å²) in [6, 6.07) is 0.923. The van der Waals surface area contributed by atoms with Gasteiger partial charge in [0.2, 0.25) is 0 Å². The predicted octanol–water partition coefficient (Wildman–Crippen LogP) is 1.21. The molecule has 0 fully saturated rings. The number of rotatable bonds is 2. The summed E-state index contributed by atoms with van der Waals surface area (Å²) >= 11 is 0. The first-order valence-electron chi connectivity index (χ1n) is 4.22. The fraction of sp³-hybridized carbons (Fsp3) is 0.571. The van der Waals surface area contributed by atoms with Crippen molar-refractivity contribution in [2.45, 2.75) is 17.8 Å². The summed E-state index contributed by atoms with van der Waals surface area (Å²) in [6.45, 7) is -1.21. The molecule has 1 heterocycles. The summed E-state index contributed by atoms with van der Waals surface area (Å²) in [5.74, 6) is -1.33. The smallest absolute Gasteiger partial charge is 0.377 e. The van der Waals surface area contributed by atoms with Crippen molar-refractivity contribution >= 4 is 34.0 Å². The van der Waals surface area contributed by atoms with Crippen molar-refractivity contribution in [2.75, 3.05) is 6.61 Å². The fourth-order valence-corrected chi connectivity index (χ4v) is 1.59. The average molecular weight is 430 g/mol. The minimum atomic E-state index is -6.15. The largest absolute Gasteiger partial charge is 0.534 e. The Balaban J connectivity index is 0.00000361. The first-order valence-corrected chi connectivity index (χ1v) is 5.63. The van der Waals surface area contributed by atoms with Crippen LogP contribution in [0, 0.1) is 11.3 Å². The van der Waals surface area contributed by atoms with Crippen LogP contribution in [-0.4, -0.2) is 56.7 Å². The number of nitriles is 1. The number of hydrogen-bond donors (Lipinski definition) is 0. The molecule has 20 heavy (non-hydrogen) atoms. The maximum absolute atomic E-state index is 12.3. The van der Waals surface area contributed by atoms with Gasteiger partial charge in [0.25, 0.3) is 0 Å². The van der Waals surface area contributed by atoms with Gasteiger partial charge in [0.15, 0.2) is 11.9 Å². The van der Waals surface area contributed by atoms with E-state index in [1.807, 2.05) is 0 Å². The molecule has 5 nitrogen and oxygen atoms in total. The standard InChI is InChI=1S/C7H3F6NO4S.Sn/c8-6(9,10)5-3(1-14)4(2-17-5)18-19(15,16)7(11,12)13;/h5H,2H2;. The third kappa shape index (κ3) is 3.92. The van der Waals surface area contributed by atoms with Gasteiger partial charge in [-0.2, -0.15) is 40.0 Å². The molecule has 0 saturated heterocycles. The topological polar surface area (TPSA) is 76.4 Å². The summed E-state index contributed by atoms with van der Waals surface area (Å²) in [6.07, 6.45) is -7.88. The van der Waals surface area contributed by atoms with Crippen molar-refractivity contribution in [1.82, 2.24) is 0 Å². The van der Waals surface area contributed by atoms with E-state index in [0.29, 0.717) is 0 Å². The molecule has 13 heteroatoms. The molecule has 0 N–H and O–H groups in total. The SMILES string of the molecule is N#CC1=C(OS(=O)(=O)C(F)(F)F)COC1C(F)(F)F.[Sn]. The van der Waals surface area contributed by atoms with E-state index in [1.54, 1.807) is 0 Å². The van der Waals surface area contributed by atoms with E-state index >= 15 is 0 Å². The summed E-state index contributed by atoms with van der Waals surface area (Å²) < 4.78 is 101. The quantitative estimate of drug-likeness (QED) is 0.285. The zero-order valence-corrected chi connectivity index (χ0v) is 12.7. The van der Waals surface area contributed by atoms with Gasteiger partial charge in [0, 0.05) is 23.9 Å². The number of nitrogens with zero attached hydrogens (tertiary/aromatic N) is 1. The van der Waals surface area contributed by atoms with Gasteiger partial charge in [-0.1, -0.05) is 0 Å². The Morgan fingerprint density at radius 3 is 2.10 bits per heavy atom. The molecule has 0 saturated carbocycles. The Morgan fingerprint density at radius 1 is 1.25 bits per heavy atom. The van der Waals surface area contributed by atoms with E-state index in [-0.39, 0.29) is 23.9 Å². The summed E-state index contributed by atoms with van der Waals surface area (Å²) in [7, 11) is -6.15. The molecule has 4 radical (unpaired) electrons. The summed E-state index contributed by atoms with van der Waals surface area (Å²) in [4.78, 5) is 0. The minimum absolute atomic E-state index is 0.